The van der Waals surface area contributed by atoms with E-state index in [1.165, 1.54) is 0 Å². The van der Waals surface area contributed by atoms with E-state index in [1.54, 1.807) is 30.5 Å². The number of aromatic nitrogens is 1. The zero-order valence-electron chi connectivity index (χ0n) is 19.2. The van der Waals surface area contributed by atoms with Crippen molar-refractivity contribution >= 4 is 46.5 Å². The summed E-state index contributed by atoms with van der Waals surface area (Å²) in [5.41, 5.74) is 11.8. The maximum atomic E-state index is 13.1. The van der Waals surface area contributed by atoms with Crippen molar-refractivity contribution in [3.8, 4) is 0 Å². The highest BCUT2D eigenvalue weighted by atomic mass is 16.4. The van der Waals surface area contributed by atoms with Gasteiger partial charge in [0.05, 0.1) is 13.0 Å². The van der Waals surface area contributed by atoms with Crippen molar-refractivity contribution in [2.75, 3.05) is 6.54 Å². The Labute approximate surface area is 204 Å². The van der Waals surface area contributed by atoms with Gasteiger partial charge in [-0.25, -0.2) is 4.79 Å². The second-order valence-electron chi connectivity index (χ2n) is 7.95. The summed E-state index contributed by atoms with van der Waals surface area (Å²) < 4.78 is 0. The zero-order valence-corrected chi connectivity index (χ0v) is 19.2. The Balaban J connectivity index is 2.32. The molecule has 14 heteroatoms. The number of fused-ring (bicyclic) bond motifs is 1. The summed E-state index contributed by atoms with van der Waals surface area (Å²) in [7, 11) is 0. The number of para-hydroxylation sites is 1. The van der Waals surface area contributed by atoms with Crippen molar-refractivity contribution in [1.82, 2.24) is 20.9 Å². The molecule has 0 spiro atoms. The molecule has 0 radical (unpaired) electrons. The van der Waals surface area contributed by atoms with E-state index in [9.17, 15) is 33.9 Å². The number of carboxylic acid groups (broad SMARTS) is 2. The predicted octanol–water partition coefficient (Wildman–Crippen LogP) is -2.05. The maximum Gasteiger partial charge on any atom is 0.326 e. The third-order valence-corrected chi connectivity index (χ3v) is 5.24. The largest absolute Gasteiger partial charge is 0.481 e. The quantitative estimate of drug-likeness (QED) is 0.141. The summed E-state index contributed by atoms with van der Waals surface area (Å²) in [6.07, 6.45) is 0.0488. The average molecular weight is 505 g/mol. The number of benzene rings is 1. The van der Waals surface area contributed by atoms with Gasteiger partial charge in [-0.05, 0) is 18.1 Å². The van der Waals surface area contributed by atoms with Gasteiger partial charge in [-0.15, -0.1) is 0 Å². The fourth-order valence-corrected chi connectivity index (χ4v) is 3.46. The minimum Gasteiger partial charge on any atom is -0.481 e. The van der Waals surface area contributed by atoms with Crippen LogP contribution in [-0.4, -0.2) is 75.4 Å². The molecule has 10 N–H and O–H groups in total. The monoisotopic (exact) mass is 504 g/mol. The fourth-order valence-electron chi connectivity index (χ4n) is 3.46. The second kappa shape index (κ2) is 12.9. The van der Waals surface area contributed by atoms with E-state index in [4.69, 9.17) is 16.6 Å². The number of amides is 4. The van der Waals surface area contributed by atoms with Gasteiger partial charge in [0.2, 0.25) is 23.6 Å². The van der Waals surface area contributed by atoms with Crippen molar-refractivity contribution in [3.63, 3.8) is 0 Å². The van der Waals surface area contributed by atoms with Gasteiger partial charge in [-0.1, -0.05) is 18.2 Å². The number of aromatic amines is 1. The summed E-state index contributed by atoms with van der Waals surface area (Å²) in [5.74, 6) is -6.17. The normalized spacial score (nSPS) is 13.2. The van der Waals surface area contributed by atoms with Crippen LogP contribution in [-0.2, 0) is 35.2 Å². The molecule has 3 atom stereocenters. The van der Waals surface area contributed by atoms with Crippen molar-refractivity contribution in [2.24, 2.45) is 11.5 Å². The van der Waals surface area contributed by atoms with E-state index in [1.807, 2.05) is 0 Å². The molecule has 0 fully saturated rings. The van der Waals surface area contributed by atoms with E-state index >= 15 is 0 Å². The number of rotatable bonds is 14. The van der Waals surface area contributed by atoms with Gasteiger partial charge in [-0.3, -0.25) is 24.0 Å². The highest BCUT2D eigenvalue weighted by Gasteiger charge is 2.31. The van der Waals surface area contributed by atoms with Crippen LogP contribution >= 0.6 is 0 Å². The van der Waals surface area contributed by atoms with Crippen LogP contribution in [0.1, 0.15) is 24.8 Å². The van der Waals surface area contributed by atoms with Gasteiger partial charge in [0.1, 0.15) is 18.1 Å². The van der Waals surface area contributed by atoms with Crippen molar-refractivity contribution in [2.45, 2.75) is 43.8 Å². The van der Waals surface area contributed by atoms with Crippen LogP contribution in [0.2, 0.25) is 0 Å². The van der Waals surface area contributed by atoms with Crippen molar-refractivity contribution in [1.29, 1.82) is 0 Å². The number of aliphatic carboxylic acids is 2. The zero-order chi connectivity index (χ0) is 26.8. The molecular formula is C22H28N6O8. The molecule has 0 saturated heterocycles. The molecule has 1 aromatic heterocycles. The Bertz CT molecular complexity index is 1150. The lowest BCUT2D eigenvalue weighted by atomic mass is 10.0. The number of hydrogen-bond donors (Lipinski definition) is 8. The summed E-state index contributed by atoms with van der Waals surface area (Å²) in [6, 6.07) is 2.82. The van der Waals surface area contributed by atoms with Crippen LogP contribution in [0.15, 0.2) is 30.5 Å². The Kier molecular flexibility index (Phi) is 9.92. The number of primary amides is 1. The molecule has 0 aliphatic heterocycles. The van der Waals surface area contributed by atoms with Crippen LogP contribution in [0.3, 0.4) is 0 Å². The van der Waals surface area contributed by atoms with Gasteiger partial charge < -0.3 is 42.6 Å². The molecule has 0 aliphatic rings. The van der Waals surface area contributed by atoms with Crippen LogP contribution < -0.4 is 27.4 Å². The first kappa shape index (κ1) is 27.8. The molecule has 2 aromatic rings. The highest BCUT2D eigenvalue weighted by molar-refractivity contribution is 5.96. The number of carbonyl (C=O) groups is 6. The smallest absolute Gasteiger partial charge is 0.326 e. The fraction of sp³-hybridized carbons (Fsp3) is 0.364. The number of H-pyrrole nitrogens is 1. The minimum atomic E-state index is -1.53. The Morgan fingerprint density at radius 1 is 0.917 bits per heavy atom. The number of carboxylic acids is 2. The molecule has 0 bridgehead atoms. The number of carbonyl (C=O) groups excluding carboxylic acids is 4. The van der Waals surface area contributed by atoms with Crippen LogP contribution in [0.25, 0.3) is 10.9 Å². The second-order valence-corrected chi connectivity index (χ2v) is 7.95. The molecule has 1 aromatic carbocycles. The lowest BCUT2D eigenvalue weighted by molar-refractivity contribution is -0.143. The molecule has 0 aliphatic carbocycles. The predicted molar refractivity (Wildman–Crippen MR) is 125 cm³/mol. The average Bonchev–Trinajstić information content (AvgIpc) is 3.22. The molecule has 14 nitrogen and oxygen atoms in total. The van der Waals surface area contributed by atoms with Crippen LogP contribution in [0, 0.1) is 0 Å². The first-order chi connectivity index (χ1) is 17.0. The lowest BCUT2D eigenvalue weighted by Gasteiger charge is -2.24. The SMILES string of the molecule is NCC(=O)NC(CC(N)=O)C(=O)NC(Cc1c[nH]c2ccccc12)C(=O)NC(CCC(=O)O)C(=O)O. The van der Waals surface area contributed by atoms with Gasteiger partial charge in [-0.2, -0.15) is 0 Å². The van der Waals surface area contributed by atoms with E-state index in [0.717, 1.165) is 10.9 Å². The summed E-state index contributed by atoms with van der Waals surface area (Å²) in [4.78, 5) is 74.6. The maximum absolute atomic E-state index is 13.1. The first-order valence-corrected chi connectivity index (χ1v) is 10.9. The molecule has 4 amide bonds. The molecule has 3 unspecified atom stereocenters. The van der Waals surface area contributed by atoms with E-state index in [-0.39, 0.29) is 12.8 Å². The molecule has 2 rings (SSSR count). The number of hydrogen-bond acceptors (Lipinski definition) is 7. The van der Waals surface area contributed by atoms with Gasteiger partial charge in [0.25, 0.3) is 0 Å². The molecule has 36 heavy (non-hydrogen) atoms. The van der Waals surface area contributed by atoms with Crippen LogP contribution in [0.5, 0.6) is 0 Å². The van der Waals surface area contributed by atoms with Gasteiger partial charge in [0, 0.05) is 29.9 Å². The third-order valence-electron chi connectivity index (χ3n) is 5.24. The number of nitrogens with one attached hydrogen (secondary N) is 4. The third kappa shape index (κ3) is 8.09. The Morgan fingerprint density at radius 3 is 2.17 bits per heavy atom. The summed E-state index contributed by atoms with van der Waals surface area (Å²) in [6.45, 7) is -0.467. The van der Waals surface area contributed by atoms with Gasteiger partial charge >= 0.3 is 11.9 Å². The van der Waals surface area contributed by atoms with E-state index in [0.29, 0.717) is 5.56 Å². The highest BCUT2D eigenvalue weighted by Crippen LogP contribution is 2.19. The first-order valence-electron chi connectivity index (χ1n) is 10.9. The Hall–Kier alpha value is -4.46. The Morgan fingerprint density at radius 2 is 1.56 bits per heavy atom. The van der Waals surface area contributed by atoms with Crippen LogP contribution in [0.4, 0.5) is 0 Å². The summed E-state index contributed by atoms with van der Waals surface area (Å²) in [5, 5.41) is 25.9. The molecule has 1 heterocycles. The van der Waals surface area contributed by atoms with Crippen molar-refractivity contribution < 1.29 is 39.0 Å². The topological polar surface area (TPSA) is 247 Å². The van der Waals surface area contributed by atoms with E-state index < -0.39 is 73.1 Å². The molecular weight excluding hydrogens is 476 g/mol. The van der Waals surface area contributed by atoms with Gasteiger partial charge in [0.15, 0.2) is 0 Å². The minimum absolute atomic E-state index is 0.0962. The molecule has 194 valence electrons. The van der Waals surface area contributed by atoms with E-state index in [2.05, 4.69) is 20.9 Å². The molecule has 0 saturated carbocycles. The lowest BCUT2D eigenvalue weighted by Crippen LogP contribution is -2.57. The standard InChI is InChI=1S/C22H28N6O8/c23-9-18(30)26-16(8-17(24)29)21(34)28-15(7-11-10-25-13-4-2-1-3-12(11)13)20(33)27-14(22(35)36)5-6-19(31)32/h1-4,10,14-16,25H,5-9,23H2,(H2,24,29)(H,26,30)(H,27,33)(H,28,34)(H,31,32)(H,35,36). The summed E-state index contributed by atoms with van der Waals surface area (Å²) >= 11 is 0. The van der Waals surface area contributed by atoms with Crippen molar-refractivity contribution in [3.05, 3.63) is 36.0 Å². The number of nitrogens with two attached hydrogens (primary N) is 2.